The summed E-state index contributed by atoms with van der Waals surface area (Å²) in [5.74, 6) is -0.369. The van der Waals surface area contributed by atoms with Crippen LogP contribution in [0.4, 0.5) is 5.69 Å². The van der Waals surface area contributed by atoms with E-state index in [1.54, 1.807) is 0 Å². The predicted octanol–water partition coefficient (Wildman–Crippen LogP) is 1.43. The maximum atomic E-state index is 11.6. The number of aryl methyl sites for hydroxylation is 1. The van der Waals surface area contributed by atoms with Crippen molar-refractivity contribution in [3.63, 3.8) is 0 Å². The van der Waals surface area contributed by atoms with Gasteiger partial charge in [-0.2, -0.15) is 0 Å². The van der Waals surface area contributed by atoms with Crippen LogP contribution in [0.25, 0.3) is 0 Å². The fourth-order valence-corrected chi connectivity index (χ4v) is 2.71. The minimum Gasteiger partial charge on any atom is -0.378 e. The lowest BCUT2D eigenvalue weighted by Crippen LogP contribution is -2.38. The molecular formula is C16H25N3O2. The Balaban J connectivity index is 1.99. The lowest BCUT2D eigenvalue weighted by molar-refractivity contribution is 0.0366. The van der Waals surface area contributed by atoms with Crippen LogP contribution in [0.2, 0.25) is 0 Å². The molecule has 0 aromatic heterocycles. The summed E-state index contributed by atoms with van der Waals surface area (Å²) in [6.45, 7) is 5.20. The average Bonchev–Trinajstić information content (AvgIpc) is 2.48. The smallest absolute Gasteiger partial charge is 0.250 e. The fraction of sp³-hybridized carbons (Fsp3) is 0.562. The van der Waals surface area contributed by atoms with Crippen molar-refractivity contribution in [3.8, 4) is 0 Å². The number of hydrogen-bond acceptors (Lipinski definition) is 4. The number of nitrogens with two attached hydrogens (primary N) is 2. The molecule has 1 heterocycles. The highest BCUT2D eigenvalue weighted by molar-refractivity contribution is 5.98. The molecule has 0 saturated carbocycles. The first-order valence-electron chi connectivity index (χ1n) is 7.59. The summed E-state index contributed by atoms with van der Waals surface area (Å²) in [5.41, 5.74) is 13.6. The second-order valence-electron chi connectivity index (χ2n) is 5.58. The summed E-state index contributed by atoms with van der Waals surface area (Å²) < 4.78 is 5.81. The third-order valence-corrected chi connectivity index (χ3v) is 3.90. The Labute approximate surface area is 126 Å². The third kappa shape index (κ3) is 4.19. The Morgan fingerprint density at radius 3 is 2.71 bits per heavy atom. The van der Waals surface area contributed by atoms with E-state index in [2.05, 4.69) is 4.90 Å². The molecule has 4 N–H and O–H groups in total. The van der Waals surface area contributed by atoms with Crippen molar-refractivity contribution in [2.75, 3.05) is 31.1 Å². The maximum absolute atomic E-state index is 11.6. The van der Waals surface area contributed by atoms with Crippen molar-refractivity contribution in [3.05, 3.63) is 29.3 Å². The Kier molecular flexibility index (Phi) is 5.59. The van der Waals surface area contributed by atoms with Gasteiger partial charge in [0.15, 0.2) is 0 Å². The van der Waals surface area contributed by atoms with E-state index in [-0.39, 0.29) is 5.91 Å². The van der Waals surface area contributed by atoms with E-state index in [9.17, 15) is 4.79 Å². The quantitative estimate of drug-likeness (QED) is 0.777. The Morgan fingerprint density at radius 1 is 1.38 bits per heavy atom. The first-order valence-corrected chi connectivity index (χ1v) is 7.59. The molecule has 5 heteroatoms. The van der Waals surface area contributed by atoms with Crippen LogP contribution in [0.3, 0.4) is 0 Å². The Hall–Kier alpha value is -1.59. The van der Waals surface area contributed by atoms with E-state index in [1.165, 1.54) is 0 Å². The monoisotopic (exact) mass is 291 g/mol. The number of amides is 1. The number of carbonyl (C=O) groups excluding carboxylic acids is 1. The van der Waals surface area contributed by atoms with Gasteiger partial charge in [-0.25, -0.2) is 0 Å². The van der Waals surface area contributed by atoms with Gasteiger partial charge in [-0.05, 0) is 50.4 Å². The molecule has 1 aliphatic rings. The summed E-state index contributed by atoms with van der Waals surface area (Å²) >= 11 is 0. The molecule has 1 saturated heterocycles. The van der Waals surface area contributed by atoms with E-state index in [0.29, 0.717) is 18.2 Å². The fourth-order valence-electron chi connectivity index (χ4n) is 2.71. The average molecular weight is 291 g/mol. The zero-order chi connectivity index (χ0) is 15.2. The van der Waals surface area contributed by atoms with Crippen LogP contribution in [-0.2, 0) is 4.74 Å². The zero-order valence-corrected chi connectivity index (χ0v) is 12.7. The standard InChI is InChI=1S/C16H25N3O2/c1-12-3-4-14(16(18)20)15(11-12)19-8-5-13(6-9-19)21-10-2-7-17/h3-4,11,13H,2,5-10,17H2,1H3,(H2,18,20). The SMILES string of the molecule is Cc1ccc(C(N)=O)c(N2CCC(OCCCN)CC2)c1. The number of anilines is 1. The first-order chi connectivity index (χ1) is 10.1. The van der Waals surface area contributed by atoms with Crippen LogP contribution in [0.5, 0.6) is 0 Å². The molecule has 5 nitrogen and oxygen atoms in total. The number of benzene rings is 1. The number of primary amides is 1. The van der Waals surface area contributed by atoms with Gasteiger partial charge in [0.2, 0.25) is 0 Å². The van der Waals surface area contributed by atoms with Gasteiger partial charge in [0.25, 0.3) is 5.91 Å². The molecule has 0 bridgehead atoms. The van der Waals surface area contributed by atoms with Crippen LogP contribution >= 0.6 is 0 Å². The van der Waals surface area contributed by atoms with Gasteiger partial charge >= 0.3 is 0 Å². The minimum absolute atomic E-state index is 0.301. The molecule has 1 aromatic rings. The van der Waals surface area contributed by atoms with Crippen molar-refractivity contribution in [2.24, 2.45) is 11.5 Å². The number of nitrogens with zero attached hydrogens (tertiary/aromatic N) is 1. The summed E-state index contributed by atoms with van der Waals surface area (Å²) in [6, 6.07) is 5.78. The van der Waals surface area contributed by atoms with Gasteiger partial charge in [0, 0.05) is 25.4 Å². The molecule has 1 amide bonds. The summed E-state index contributed by atoms with van der Waals surface area (Å²) in [5, 5.41) is 0. The summed E-state index contributed by atoms with van der Waals surface area (Å²) in [7, 11) is 0. The molecule has 116 valence electrons. The van der Waals surface area contributed by atoms with Crippen LogP contribution in [0.1, 0.15) is 35.2 Å². The Morgan fingerprint density at radius 2 is 2.10 bits per heavy atom. The highest BCUT2D eigenvalue weighted by atomic mass is 16.5. The topological polar surface area (TPSA) is 81.6 Å². The van der Waals surface area contributed by atoms with Crippen molar-refractivity contribution >= 4 is 11.6 Å². The van der Waals surface area contributed by atoms with Crippen molar-refractivity contribution in [2.45, 2.75) is 32.3 Å². The predicted molar refractivity (Wildman–Crippen MR) is 84.6 cm³/mol. The summed E-state index contributed by atoms with van der Waals surface area (Å²) in [6.07, 6.45) is 3.15. The Bertz CT molecular complexity index is 482. The number of piperidine rings is 1. The van der Waals surface area contributed by atoms with E-state index in [0.717, 1.165) is 50.2 Å². The van der Waals surface area contributed by atoms with E-state index in [1.807, 2.05) is 25.1 Å². The van der Waals surface area contributed by atoms with E-state index in [4.69, 9.17) is 16.2 Å². The normalized spacial score (nSPS) is 16.2. The summed E-state index contributed by atoms with van der Waals surface area (Å²) in [4.78, 5) is 13.8. The minimum atomic E-state index is -0.369. The molecular weight excluding hydrogens is 266 g/mol. The molecule has 0 radical (unpaired) electrons. The number of ether oxygens (including phenoxy) is 1. The molecule has 21 heavy (non-hydrogen) atoms. The van der Waals surface area contributed by atoms with E-state index >= 15 is 0 Å². The molecule has 0 unspecified atom stereocenters. The molecule has 1 aromatic carbocycles. The number of carbonyl (C=O) groups is 1. The first kappa shape index (κ1) is 15.8. The van der Waals surface area contributed by atoms with Crippen molar-refractivity contribution in [1.82, 2.24) is 0 Å². The second-order valence-corrected chi connectivity index (χ2v) is 5.58. The van der Waals surface area contributed by atoms with Crippen LogP contribution < -0.4 is 16.4 Å². The van der Waals surface area contributed by atoms with Crippen molar-refractivity contribution in [1.29, 1.82) is 0 Å². The highest BCUT2D eigenvalue weighted by Crippen LogP contribution is 2.26. The zero-order valence-electron chi connectivity index (χ0n) is 12.7. The van der Waals surface area contributed by atoms with E-state index < -0.39 is 0 Å². The van der Waals surface area contributed by atoms with Gasteiger partial charge in [0.1, 0.15) is 0 Å². The highest BCUT2D eigenvalue weighted by Gasteiger charge is 2.22. The molecule has 0 spiro atoms. The molecule has 2 rings (SSSR count). The molecule has 0 atom stereocenters. The number of rotatable bonds is 6. The van der Waals surface area contributed by atoms with Gasteiger partial charge in [0.05, 0.1) is 11.7 Å². The van der Waals surface area contributed by atoms with Crippen LogP contribution in [-0.4, -0.2) is 38.3 Å². The molecule has 1 fully saturated rings. The largest absolute Gasteiger partial charge is 0.378 e. The number of hydrogen-bond donors (Lipinski definition) is 2. The van der Waals surface area contributed by atoms with Gasteiger partial charge in [-0.15, -0.1) is 0 Å². The van der Waals surface area contributed by atoms with Gasteiger partial charge in [-0.3, -0.25) is 4.79 Å². The van der Waals surface area contributed by atoms with Crippen LogP contribution in [0, 0.1) is 6.92 Å². The maximum Gasteiger partial charge on any atom is 0.250 e. The van der Waals surface area contributed by atoms with Gasteiger partial charge in [-0.1, -0.05) is 6.07 Å². The van der Waals surface area contributed by atoms with Gasteiger partial charge < -0.3 is 21.1 Å². The molecule has 1 aliphatic heterocycles. The lowest BCUT2D eigenvalue weighted by atomic mass is 10.0. The molecule has 0 aliphatic carbocycles. The second kappa shape index (κ2) is 7.43. The third-order valence-electron chi connectivity index (χ3n) is 3.90. The lowest BCUT2D eigenvalue weighted by Gasteiger charge is -2.34. The van der Waals surface area contributed by atoms with Crippen molar-refractivity contribution < 1.29 is 9.53 Å². The van der Waals surface area contributed by atoms with Crippen LogP contribution in [0.15, 0.2) is 18.2 Å².